The molecule has 1 aromatic rings. The van der Waals surface area contributed by atoms with Gasteiger partial charge in [0.05, 0.1) is 0 Å². The number of halogens is 1. The number of ketones is 1. The van der Waals surface area contributed by atoms with Crippen molar-refractivity contribution in [3.63, 3.8) is 0 Å². The van der Waals surface area contributed by atoms with Gasteiger partial charge in [-0.05, 0) is 30.0 Å². The number of hydrogen-bond donors (Lipinski definition) is 2. The molecular weight excluding hydrogens is 265 g/mol. The van der Waals surface area contributed by atoms with Gasteiger partial charge in [0.25, 0.3) is 0 Å². The molecule has 0 spiro atoms. The largest absolute Gasteiger partial charge is 0.396 e. The van der Waals surface area contributed by atoms with E-state index in [9.17, 15) is 9.18 Å². The normalized spacial score (nSPS) is 20.4. The SMILES string of the molecule is O=C(C[C@@H](CCO)c1ccc(F)cc1)[C@H]1NCCS1. The van der Waals surface area contributed by atoms with Gasteiger partial charge in [-0.1, -0.05) is 12.1 Å². The predicted molar refractivity (Wildman–Crippen MR) is 74.7 cm³/mol. The summed E-state index contributed by atoms with van der Waals surface area (Å²) in [6.45, 7) is 0.892. The van der Waals surface area contributed by atoms with E-state index in [1.165, 1.54) is 12.1 Å². The van der Waals surface area contributed by atoms with Crippen molar-refractivity contribution < 1.29 is 14.3 Å². The average molecular weight is 283 g/mol. The van der Waals surface area contributed by atoms with Crippen LogP contribution in [-0.4, -0.2) is 35.2 Å². The summed E-state index contributed by atoms with van der Waals surface area (Å²) in [5.41, 5.74) is 0.909. The molecule has 2 N–H and O–H groups in total. The third-order valence-electron chi connectivity index (χ3n) is 3.28. The standard InChI is InChI=1S/C14H18FNO2S/c15-12-3-1-10(2-4-12)11(5-7-17)9-13(18)14-16-6-8-19-14/h1-4,11,14,16-17H,5-9H2/t11-,14+/m1/s1. The lowest BCUT2D eigenvalue weighted by Crippen LogP contribution is -2.30. The molecule has 0 unspecified atom stereocenters. The molecule has 1 aromatic carbocycles. The summed E-state index contributed by atoms with van der Waals surface area (Å²) in [4.78, 5) is 12.1. The van der Waals surface area contributed by atoms with Crippen LogP contribution in [0.1, 0.15) is 24.3 Å². The van der Waals surface area contributed by atoms with E-state index in [0.29, 0.717) is 12.8 Å². The highest BCUT2D eigenvalue weighted by Gasteiger charge is 2.25. The summed E-state index contributed by atoms with van der Waals surface area (Å²) in [5.74, 6) is 0.787. The van der Waals surface area contributed by atoms with E-state index in [4.69, 9.17) is 5.11 Å². The quantitative estimate of drug-likeness (QED) is 0.837. The number of thioether (sulfide) groups is 1. The Morgan fingerprint density at radius 3 is 2.79 bits per heavy atom. The van der Waals surface area contributed by atoms with Crippen LogP contribution < -0.4 is 5.32 Å². The Morgan fingerprint density at radius 2 is 2.21 bits per heavy atom. The Hall–Kier alpha value is -0.910. The number of Topliss-reactive ketones (excluding diaryl/α,β-unsaturated/α-hetero) is 1. The lowest BCUT2D eigenvalue weighted by molar-refractivity contribution is -0.119. The molecule has 0 saturated carbocycles. The van der Waals surface area contributed by atoms with Gasteiger partial charge in [-0.15, -0.1) is 11.8 Å². The molecule has 0 aliphatic carbocycles. The Morgan fingerprint density at radius 1 is 1.47 bits per heavy atom. The number of nitrogens with one attached hydrogen (secondary N) is 1. The number of carbonyl (C=O) groups excluding carboxylic acids is 1. The summed E-state index contributed by atoms with van der Waals surface area (Å²) in [5, 5.41) is 12.2. The summed E-state index contributed by atoms with van der Waals surface area (Å²) in [7, 11) is 0. The monoisotopic (exact) mass is 283 g/mol. The van der Waals surface area contributed by atoms with E-state index in [0.717, 1.165) is 17.9 Å². The number of hydrogen-bond acceptors (Lipinski definition) is 4. The number of aliphatic hydroxyl groups excluding tert-OH is 1. The zero-order valence-corrected chi connectivity index (χ0v) is 11.5. The van der Waals surface area contributed by atoms with E-state index in [1.54, 1.807) is 23.9 Å². The number of benzene rings is 1. The minimum atomic E-state index is -0.286. The number of aliphatic hydroxyl groups is 1. The van der Waals surface area contributed by atoms with Gasteiger partial charge in [-0.2, -0.15) is 0 Å². The van der Waals surface area contributed by atoms with Gasteiger partial charge < -0.3 is 5.11 Å². The lowest BCUT2D eigenvalue weighted by atomic mass is 9.91. The minimum Gasteiger partial charge on any atom is -0.396 e. The van der Waals surface area contributed by atoms with Gasteiger partial charge >= 0.3 is 0 Å². The third-order valence-corrected chi connectivity index (χ3v) is 4.48. The second kappa shape index (κ2) is 7.03. The van der Waals surface area contributed by atoms with Crippen LogP contribution in [0.5, 0.6) is 0 Å². The van der Waals surface area contributed by atoms with Gasteiger partial charge in [0, 0.05) is 25.3 Å². The van der Waals surface area contributed by atoms with Crippen molar-refractivity contribution in [1.29, 1.82) is 0 Å². The van der Waals surface area contributed by atoms with E-state index in [1.807, 2.05) is 0 Å². The van der Waals surface area contributed by atoms with Gasteiger partial charge in [0.15, 0.2) is 5.78 Å². The maximum Gasteiger partial charge on any atom is 0.160 e. The maximum atomic E-state index is 12.9. The summed E-state index contributed by atoms with van der Waals surface area (Å²) >= 11 is 1.63. The Bertz CT molecular complexity index is 418. The van der Waals surface area contributed by atoms with Crippen LogP contribution in [0.3, 0.4) is 0 Å². The molecule has 0 aromatic heterocycles. The molecule has 1 aliphatic heterocycles. The minimum absolute atomic E-state index is 0.0283. The van der Waals surface area contributed by atoms with Crippen LogP contribution in [0.4, 0.5) is 4.39 Å². The third kappa shape index (κ3) is 4.03. The second-order valence-electron chi connectivity index (χ2n) is 4.64. The molecule has 19 heavy (non-hydrogen) atoms. The molecule has 2 atom stereocenters. The number of carbonyl (C=O) groups is 1. The molecule has 0 radical (unpaired) electrons. The molecule has 3 nitrogen and oxygen atoms in total. The van der Waals surface area contributed by atoms with Gasteiger partial charge in [-0.3, -0.25) is 10.1 Å². The highest BCUT2D eigenvalue weighted by atomic mass is 32.2. The van der Waals surface area contributed by atoms with Crippen LogP contribution in [0.15, 0.2) is 24.3 Å². The van der Waals surface area contributed by atoms with Gasteiger partial charge in [0.1, 0.15) is 11.2 Å². The van der Waals surface area contributed by atoms with Crippen molar-refractivity contribution in [2.24, 2.45) is 0 Å². The lowest BCUT2D eigenvalue weighted by Gasteiger charge is -2.17. The Kier molecular flexibility index (Phi) is 5.36. The van der Waals surface area contributed by atoms with Crippen molar-refractivity contribution in [2.45, 2.75) is 24.1 Å². The molecule has 1 fully saturated rings. The summed E-state index contributed by atoms with van der Waals surface area (Å²) in [6, 6.07) is 6.18. The zero-order valence-electron chi connectivity index (χ0n) is 10.6. The van der Waals surface area contributed by atoms with Crippen LogP contribution >= 0.6 is 11.8 Å². The zero-order chi connectivity index (χ0) is 13.7. The van der Waals surface area contributed by atoms with Crippen molar-refractivity contribution in [3.8, 4) is 0 Å². The van der Waals surface area contributed by atoms with E-state index < -0.39 is 0 Å². The highest BCUT2D eigenvalue weighted by Crippen LogP contribution is 2.27. The first-order valence-electron chi connectivity index (χ1n) is 6.44. The molecule has 5 heteroatoms. The molecule has 0 bridgehead atoms. The first kappa shape index (κ1) is 14.5. The molecule has 2 rings (SSSR count). The van der Waals surface area contributed by atoms with Crippen LogP contribution in [0.2, 0.25) is 0 Å². The molecule has 1 aliphatic rings. The van der Waals surface area contributed by atoms with Crippen molar-refractivity contribution in [3.05, 3.63) is 35.6 Å². The van der Waals surface area contributed by atoms with Gasteiger partial charge in [0.2, 0.25) is 0 Å². The maximum absolute atomic E-state index is 12.9. The van der Waals surface area contributed by atoms with E-state index in [2.05, 4.69) is 5.32 Å². The van der Waals surface area contributed by atoms with Gasteiger partial charge in [-0.25, -0.2) is 4.39 Å². The topological polar surface area (TPSA) is 49.3 Å². The Labute approximate surface area is 116 Å². The first-order chi connectivity index (χ1) is 9.20. The molecular formula is C14H18FNO2S. The fourth-order valence-corrected chi connectivity index (χ4v) is 3.25. The van der Waals surface area contributed by atoms with Crippen molar-refractivity contribution >= 4 is 17.5 Å². The van der Waals surface area contributed by atoms with E-state index in [-0.39, 0.29) is 29.5 Å². The van der Waals surface area contributed by atoms with Crippen molar-refractivity contribution in [1.82, 2.24) is 5.32 Å². The van der Waals surface area contributed by atoms with Crippen LogP contribution in [0.25, 0.3) is 0 Å². The molecule has 1 heterocycles. The summed E-state index contributed by atoms with van der Waals surface area (Å²) in [6.07, 6.45) is 0.908. The number of rotatable bonds is 6. The fourth-order valence-electron chi connectivity index (χ4n) is 2.26. The second-order valence-corrected chi connectivity index (χ2v) is 5.85. The molecule has 104 valence electrons. The predicted octanol–water partition coefficient (Wildman–Crippen LogP) is 1.91. The first-order valence-corrected chi connectivity index (χ1v) is 7.49. The molecule has 0 amide bonds. The fraction of sp³-hybridized carbons (Fsp3) is 0.500. The average Bonchev–Trinajstić information content (AvgIpc) is 2.93. The van der Waals surface area contributed by atoms with Crippen LogP contribution in [0, 0.1) is 5.82 Å². The summed E-state index contributed by atoms with van der Waals surface area (Å²) < 4.78 is 12.9. The van der Waals surface area contributed by atoms with Crippen molar-refractivity contribution in [2.75, 3.05) is 18.9 Å². The van der Waals surface area contributed by atoms with Crippen LogP contribution in [-0.2, 0) is 4.79 Å². The molecule has 1 saturated heterocycles. The Balaban J connectivity index is 2.02. The van der Waals surface area contributed by atoms with E-state index >= 15 is 0 Å². The smallest absolute Gasteiger partial charge is 0.160 e. The highest BCUT2D eigenvalue weighted by molar-refractivity contribution is 8.00.